The summed E-state index contributed by atoms with van der Waals surface area (Å²) in [6.45, 7) is 6.90. The quantitative estimate of drug-likeness (QED) is 0.809. The zero-order valence-electron chi connectivity index (χ0n) is 11.2. The van der Waals surface area contributed by atoms with Crippen molar-refractivity contribution < 1.29 is 4.74 Å². The van der Waals surface area contributed by atoms with Crippen molar-refractivity contribution >= 4 is 37.9 Å². The third-order valence-corrected chi connectivity index (χ3v) is 3.87. The average Bonchev–Trinajstić information content (AvgIpc) is 2.32. The van der Waals surface area contributed by atoms with Gasteiger partial charge in [-0.15, -0.1) is 0 Å². The predicted octanol–water partition coefficient (Wildman–Crippen LogP) is 4.62. The molecule has 1 rings (SSSR count). The number of halogens is 2. The van der Waals surface area contributed by atoms with E-state index in [9.17, 15) is 0 Å². The lowest BCUT2D eigenvalue weighted by molar-refractivity contribution is 0.337. The molecule has 1 aromatic carbocycles. The van der Waals surface area contributed by atoms with Crippen LogP contribution >= 0.6 is 31.9 Å². The van der Waals surface area contributed by atoms with Crippen molar-refractivity contribution in [2.24, 2.45) is 0 Å². The van der Waals surface area contributed by atoms with Crippen molar-refractivity contribution in [1.29, 1.82) is 0 Å². The molecular formula is C14H19Br2NO. The van der Waals surface area contributed by atoms with Crippen LogP contribution in [0.4, 0.5) is 0 Å². The lowest BCUT2D eigenvalue weighted by atomic mass is 10.1. The van der Waals surface area contributed by atoms with Gasteiger partial charge in [-0.1, -0.05) is 27.6 Å². The standard InChI is InChI=1S/C14H19Br2NO/c1-5-18-14-11(6-9(2)10(3)17-4)7-12(15)8-13(14)16/h6-8,10,17H,5H2,1-4H3/b9-6-. The van der Waals surface area contributed by atoms with Gasteiger partial charge in [0.25, 0.3) is 0 Å². The molecule has 0 aliphatic heterocycles. The molecule has 0 amide bonds. The second kappa shape index (κ2) is 7.31. The van der Waals surface area contributed by atoms with Crippen molar-refractivity contribution in [1.82, 2.24) is 5.32 Å². The third kappa shape index (κ3) is 4.11. The summed E-state index contributed by atoms with van der Waals surface area (Å²) in [4.78, 5) is 0. The molecule has 1 aromatic rings. The largest absolute Gasteiger partial charge is 0.492 e. The fraction of sp³-hybridized carbons (Fsp3) is 0.429. The molecule has 2 nitrogen and oxygen atoms in total. The van der Waals surface area contributed by atoms with E-state index in [4.69, 9.17) is 4.74 Å². The Morgan fingerprint density at radius 3 is 2.67 bits per heavy atom. The van der Waals surface area contributed by atoms with E-state index in [0.29, 0.717) is 12.6 Å². The molecule has 100 valence electrons. The third-order valence-electron chi connectivity index (χ3n) is 2.82. The van der Waals surface area contributed by atoms with Crippen LogP contribution in [0.5, 0.6) is 5.75 Å². The molecule has 1 N–H and O–H groups in total. The summed E-state index contributed by atoms with van der Waals surface area (Å²) in [5, 5.41) is 3.23. The van der Waals surface area contributed by atoms with Gasteiger partial charge >= 0.3 is 0 Å². The molecule has 0 aliphatic carbocycles. The summed E-state index contributed by atoms with van der Waals surface area (Å²) in [7, 11) is 1.96. The Balaban J connectivity index is 3.21. The highest BCUT2D eigenvalue weighted by Gasteiger charge is 2.09. The Morgan fingerprint density at radius 1 is 1.44 bits per heavy atom. The van der Waals surface area contributed by atoms with Crippen molar-refractivity contribution in [3.05, 3.63) is 32.2 Å². The van der Waals surface area contributed by atoms with Gasteiger partial charge in [0.15, 0.2) is 0 Å². The van der Waals surface area contributed by atoms with Crippen molar-refractivity contribution in [2.75, 3.05) is 13.7 Å². The summed E-state index contributed by atoms with van der Waals surface area (Å²) >= 11 is 7.05. The van der Waals surface area contributed by atoms with E-state index < -0.39 is 0 Å². The number of rotatable bonds is 5. The fourth-order valence-corrected chi connectivity index (χ4v) is 2.95. The average molecular weight is 377 g/mol. The Morgan fingerprint density at radius 2 is 2.11 bits per heavy atom. The molecule has 0 spiro atoms. The first-order valence-electron chi connectivity index (χ1n) is 5.96. The fourth-order valence-electron chi connectivity index (χ4n) is 1.58. The predicted molar refractivity (Wildman–Crippen MR) is 85.2 cm³/mol. The van der Waals surface area contributed by atoms with Crippen LogP contribution in [0.3, 0.4) is 0 Å². The number of hydrogen-bond acceptors (Lipinski definition) is 2. The van der Waals surface area contributed by atoms with E-state index in [0.717, 1.165) is 20.3 Å². The van der Waals surface area contributed by atoms with Gasteiger partial charge in [-0.25, -0.2) is 0 Å². The van der Waals surface area contributed by atoms with Crippen LogP contribution < -0.4 is 10.1 Å². The number of nitrogens with one attached hydrogen (secondary N) is 1. The topological polar surface area (TPSA) is 21.3 Å². The van der Waals surface area contributed by atoms with E-state index in [1.165, 1.54) is 5.57 Å². The monoisotopic (exact) mass is 375 g/mol. The van der Waals surface area contributed by atoms with Crippen LogP contribution in [-0.2, 0) is 0 Å². The maximum absolute atomic E-state index is 5.70. The molecule has 0 aliphatic rings. The molecule has 1 atom stereocenters. The smallest absolute Gasteiger partial charge is 0.140 e. The first-order valence-corrected chi connectivity index (χ1v) is 7.55. The van der Waals surface area contributed by atoms with Crippen molar-refractivity contribution in [3.8, 4) is 5.75 Å². The maximum Gasteiger partial charge on any atom is 0.140 e. The van der Waals surface area contributed by atoms with E-state index in [-0.39, 0.29) is 0 Å². The summed E-state index contributed by atoms with van der Waals surface area (Å²) in [6, 6.07) is 4.41. The lowest BCUT2D eigenvalue weighted by Crippen LogP contribution is -2.22. The minimum absolute atomic E-state index is 0.345. The molecule has 0 saturated carbocycles. The highest BCUT2D eigenvalue weighted by molar-refractivity contribution is 9.11. The van der Waals surface area contributed by atoms with Gasteiger partial charge in [0.2, 0.25) is 0 Å². The van der Waals surface area contributed by atoms with Crippen LogP contribution in [0.2, 0.25) is 0 Å². The number of hydrogen-bond donors (Lipinski definition) is 1. The highest BCUT2D eigenvalue weighted by Crippen LogP contribution is 2.34. The van der Waals surface area contributed by atoms with Gasteiger partial charge in [0.1, 0.15) is 5.75 Å². The van der Waals surface area contributed by atoms with Gasteiger partial charge in [-0.2, -0.15) is 0 Å². The zero-order valence-corrected chi connectivity index (χ0v) is 14.4. The summed E-state index contributed by atoms with van der Waals surface area (Å²) in [6.07, 6.45) is 2.15. The summed E-state index contributed by atoms with van der Waals surface area (Å²) < 4.78 is 7.71. The molecular weight excluding hydrogens is 358 g/mol. The van der Waals surface area contributed by atoms with Gasteiger partial charge < -0.3 is 10.1 Å². The molecule has 0 fully saturated rings. The number of ether oxygens (including phenoxy) is 1. The second-order valence-electron chi connectivity index (χ2n) is 4.14. The van der Waals surface area contributed by atoms with Crippen LogP contribution in [0.25, 0.3) is 6.08 Å². The Bertz CT molecular complexity index is 444. The Labute approximate surface area is 126 Å². The molecule has 0 saturated heterocycles. The molecule has 0 heterocycles. The second-order valence-corrected chi connectivity index (χ2v) is 5.91. The molecule has 18 heavy (non-hydrogen) atoms. The van der Waals surface area contributed by atoms with Crippen LogP contribution in [-0.4, -0.2) is 19.7 Å². The van der Waals surface area contributed by atoms with Crippen LogP contribution in [0.1, 0.15) is 26.3 Å². The summed E-state index contributed by atoms with van der Waals surface area (Å²) in [5.74, 6) is 0.892. The Kier molecular flexibility index (Phi) is 6.39. The molecule has 0 radical (unpaired) electrons. The van der Waals surface area contributed by atoms with Gasteiger partial charge in [-0.3, -0.25) is 0 Å². The summed E-state index contributed by atoms with van der Waals surface area (Å²) in [5.41, 5.74) is 2.35. The number of benzene rings is 1. The molecule has 0 aromatic heterocycles. The van der Waals surface area contributed by atoms with Crippen molar-refractivity contribution in [3.63, 3.8) is 0 Å². The van der Waals surface area contributed by atoms with Gasteiger partial charge in [-0.05, 0) is 55.9 Å². The van der Waals surface area contributed by atoms with E-state index in [2.05, 4.69) is 63.2 Å². The highest BCUT2D eigenvalue weighted by atomic mass is 79.9. The van der Waals surface area contributed by atoms with Crippen LogP contribution in [0, 0.1) is 0 Å². The minimum atomic E-state index is 0.345. The lowest BCUT2D eigenvalue weighted by Gasteiger charge is -2.14. The minimum Gasteiger partial charge on any atom is -0.492 e. The van der Waals surface area contributed by atoms with E-state index in [1.54, 1.807) is 0 Å². The Hall–Kier alpha value is -0.320. The van der Waals surface area contributed by atoms with Crippen LogP contribution in [0.15, 0.2) is 26.7 Å². The maximum atomic E-state index is 5.70. The van der Waals surface area contributed by atoms with Crippen molar-refractivity contribution in [2.45, 2.75) is 26.8 Å². The first-order chi connectivity index (χ1) is 8.49. The molecule has 0 bridgehead atoms. The molecule has 1 unspecified atom stereocenters. The number of likely N-dealkylation sites (N-methyl/N-ethyl adjacent to an activating group) is 1. The van der Waals surface area contributed by atoms with E-state index in [1.807, 2.05) is 20.0 Å². The zero-order chi connectivity index (χ0) is 13.7. The van der Waals surface area contributed by atoms with Gasteiger partial charge in [0, 0.05) is 16.1 Å². The first kappa shape index (κ1) is 15.7. The SMILES string of the molecule is CCOc1c(Br)cc(Br)cc1/C=C(/C)C(C)NC. The normalized spacial score (nSPS) is 13.6. The van der Waals surface area contributed by atoms with Gasteiger partial charge in [0.05, 0.1) is 11.1 Å². The van der Waals surface area contributed by atoms with E-state index >= 15 is 0 Å². The molecule has 4 heteroatoms.